The fourth-order valence-electron chi connectivity index (χ4n) is 5.08. The molecular weight excluding hydrogens is 468 g/mol. The van der Waals surface area contributed by atoms with Gasteiger partial charge < -0.3 is 9.13 Å². The van der Waals surface area contributed by atoms with Crippen LogP contribution in [0.15, 0.2) is 108 Å². The molecule has 0 amide bonds. The second-order valence-corrected chi connectivity index (χ2v) is 9.17. The summed E-state index contributed by atoms with van der Waals surface area (Å²) in [5.74, 6) is 0. The quantitative estimate of drug-likeness (QED) is 0.233. The van der Waals surface area contributed by atoms with Crippen LogP contribution in [-0.2, 0) is 0 Å². The smallest absolute Gasteiger partial charge is 0.0631 e. The zero-order chi connectivity index (χ0) is 21.9. The summed E-state index contributed by atoms with van der Waals surface area (Å²) in [4.78, 5) is 0. The van der Waals surface area contributed by atoms with Crippen LogP contribution in [-0.4, -0.2) is 9.13 Å². The lowest BCUT2D eigenvalue weighted by Gasteiger charge is -2.13. The lowest BCUT2D eigenvalue weighted by Crippen LogP contribution is -1.99. The number of rotatable bonds is 2. The van der Waals surface area contributed by atoms with E-state index in [1.54, 1.807) is 0 Å². The molecule has 0 spiro atoms. The first-order valence-corrected chi connectivity index (χ1v) is 11.7. The number of benzene rings is 4. The van der Waals surface area contributed by atoms with E-state index in [0.29, 0.717) is 0 Å². The summed E-state index contributed by atoms with van der Waals surface area (Å²) in [5.41, 5.74) is 6.91. The molecule has 0 fully saturated rings. The molecule has 0 aliphatic carbocycles. The zero-order valence-corrected chi connectivity index (χ0v) is 19.2. The van der Waals surface area contributed by atoms with Crippen molar-refractivity contribution in [2.45, 2.75) is 0 Å². The third-order valence-electron chi connectivity index (χ3n) is 6.40. The van der Waals surface area contributed by atoms with E-state index in [9.17, 15) is 0 Å². The Morgan fingerprint density at radius 1 is 0.545 bits per heavy atom. The van der Waals surface area contributed by atoms with Gasteiger partial charge in [-0.3, -0.25) is 0 Å². The van der Waals surface area contributed by atoms with Crippen molar-refractivity contribution in [2.24, 2.45) is 0 Å². The van der Waals surface area contributed by atoms with Gasteiger partial charge in [0.2, 0.25) is 0 Å². The van der Waals surface area contributed by atoms with Crippen molar-refractivity contribution in [1.29, 1.82) is 0 Å². The summed E-state index contributed by atoms with van der Waals surface area (Å²) in [5, 5.41) is 4.79. The van der Waals surface area contributed by atoms with Gasteiger partial charge in [0.05, 0.1) is 27.5 Å². The minimum Gasteiger partial charge on any atom is -0.309 e. The van der Waals surface area contributed by atoms with Crippen molar-refractivity contribution in [2.75, 3.05) is 0 Å². The van der Waals surface area contributed by atoms with Crippen LogP contribution in [0.25, 0.3) is 55.0 Å². The predicted octanol–water partition coefficient (Wildman–Crippen LogP) is 8.24. The Labute approximate surface area is 199 Å². The van der Waals surface area contributed by atoms with Crippen molar-refractivity contribution < 1.29 is 0 Å². The number of hydrogen-bond acceptors (Lipinski definition) is 0. The topological polar surface area (TPSA) is 9.86 Å². The Balaban J connectivity index is 1.58. The van der Waals surface area contributed by atoms with E-state index in [2.05, 4.69) is 134 Å². The first kappa shape index (κ1) is 18.6. The van der Waals surface area contributed by atoms with Gasteiger partial charge in [-0.25, -0.2) is 0 Å². The molecule has 2 aromatic heterocycles. The summed E-state index contributed by atoms with van der Waals surface area (Å²) >= 11 is 3.80. The van der Waals surface area contributed by atoms with Gasteiger partial charge in [0.25, 0.3) is 0 Å². The summed E-state index contributed by atoms with van der Waals surface area (Å²) < 4.78 is 5.71. The zero-order valence-electron chi connectivity index (χ0n) is 17.6. The van der Waals surface area contributed by atoms with Crippen molar-refractivity contribution in [3.05, 3.63) is 120 Å². The molecule has 0 aliphatic heterocycles. The average molecular weight is 485 g/mol. The van der Waals surface area contributed by atoms with Crippen molar-refractivity contribution in [3.63, 3.8) is 0 Å². The van der Waals surface area contributed by atoms with Gasteiger partial charge in [0.15, 0.2) is 0 Å². The van der Waals surface area contributed by atoms with E-state index in [1.165, 1.54) is 27.2 Å². The van der Waals surface area contributed by atoms with Crippen LogP contribution in [0.2, 0.25) is 0 Å². The van der Waals surface area contributed by atoms with Crippen LogP contribution in [0.3, 0.4) is 0 Å². The Morgan fingerprint density at radius 3 is 1.70 bits per heavy atom. The van der Waals surface area contributed by atoms with Gasteiger partial charge in [-0.15, -0.1) is 0 Å². The van der Waals surface area contributed by atoms with Gasteiger partial charge >= 0.3 is 0 Å². The van der Waals surface area contributed by atoms with Crippen molar-refractivity contribution in [3.8, 4) is 11.4 Å². The van der Waals surface area contributed by atoms with E-state index in [1.807, 2.05) is 6.07 Å². The fourth-order valence-corrected chi connectivity index (χ4v) is 5.55. The number of nitrogens with zero attached hydrogens (tertiary/aromatic N) is 2. The summed E-state index contributed by atoms with van der Waals surface area (Å²) in [6.07, 6.45) is 0. The molecule has 33 heavy (non-hydrogen) atoms. The maximum absolute atomic E-state index is 3.80. The van der Waals surface area contributed by atoms with E-state index in [-0.39, 0.29) is 0 Å². The number of para-hydroxylation sites is 3. The fraction of sp³-hybridized carbons (Fsp3) is 0. The van der Waals surface area contributed by atoms with E-state index in [4.69, 9.17) is 0 Å². The highest BCUT2D eigenvalue weighted by atomic mass is 79.9. The normalized spacial score (nSPS) is 11.5. The van der Waals surface area contributed by atoms with Crippen LogP contribution >= 0.6 is 15.9 Å². The second kappa shape index (κ2) is 7.00. The first-order valence-electron chi connectivity index (χ1n) is 10.9. The lowest BCUT2D eigenvalue weighted by atomic mass is 10.2. The third kappa shape index (κ3) is 2.68. The van der Waals surface area contributed by atoms with E-state index >= 15 is 0 Å². The predicted molar refractivity (Wildman–Crippen MR) is 140 cm³/mol. The highest BCUT2D eigenvalue weighted by molar-refractivity contribution is 9.10. The molecule has 0 bridgehead atoms. The number of fused-ring (bicyclic) bond motifs is 6. The molecule has 7 aromatic rings. The molecular formula is C30H17BrN2. The molecule has 0 atom stereocenters. The molecule has 0 saturated heterocycles. The van der Waals surface area contributed by atoms with Crippen molar-refractivity contribution >= 4 is 59.5 Å². The minimum atomic E-state index is 1.04. The molecule has 5 aromatic carbocycles. The van der Waals surface area contributed by atoms with E-state index in [0.717, 1.165) is 32.3 Å². The molecule has 2 heterocycles. The van der Waals surface area contributed by atoms with E-state index < -0.39 is 0 Å². The van der Waals surface area contributed by atoms with Crippen LogP contribution in [0, 0.1) is 12.1 Å². The van der Waals surface area contributed by atoms with Gasteiger partial charge in [-0.2, -0.15) is 0 Å². The Morgan fingerprint density at radius 2 is 1.06 bits per heavy atom. The maximum atomic E-state index is 3.80. The molecule has 2 nitrogen and oxygen atoms in total. The monoisotopic (exact) mass is 484 g/mol. The van der Waals surface area contributed by atoms with Crippen LogP contribution < -0.4 is 0 Å². The highest BCUT2D eigenvalue weighted by Crippen LogP contribution is 2.36. The maximum Gasteiger partial charge on any atom is 0.0631 e. The van der Waals surface area contributed by atoms with Crippen LogP contribution in [0.1, 0.15) is 0 Å². The number of halogens is 1. The largest absolute Gasteiger partial charge is 0.309 e. The molecule has 3 heteroatoms. The standard InChI is InChI=1S/C30H17BrN2/c31-20-17-21(32-27-13-5-1-9-23(27)24-10-2-6-14-28(24)32)19-22(18-20)33-29-15-7-3-11-25(29)26-12-4-8-16-30(26)33/h1-3,5-11,13-19H. The Bertz CT molecular complexity index is 1600. The minimum absolute atomic E-state index is 1.04. The molecule has 0 saturated carbocycles. The lowest BCUT2D eigenvalue weighted by molar-refractivity contribution is 1.13. The first-order chi connectivity index (χ1) is 16.3. The van der Waals surface area contributed by atoms with Gasteiger partial charge in [0, 0.05) is 32.0 Å². The summed E-state index contributed by atoms with van der Waals surface area (Å²) in [6.45, 7) is 0. The molecule has 0 N–H and O–H groups in total. The Hall–Kier alpha value is -4.00. The highest BCUT2D eigenvalue weighted by Gasteiger charge is 2.15. The Kier molecular flexibility index (Phi) is 3.94. The molecule has 0 unspecified atom stereocenters. The molecule has 0 aliphatic rings. The van der Waals surface area contributed by atoms with Gasteiger partial charge in [0.1, 0.15) is 0 Å². The molecule has 0 radical (unpaired) electrons. The SMILES string of the molecule is Brc1cc(-n2c3ccc#cc3c3ccccc32)cc(-n2c3ccccc3c3ccccc32)c1. The third-order valence-corrected chi connectivity index (χ3v) is 6.85. The van der Waals surface area contributed by atoms with Crippen molar-refractivity contribution in [1.82, 2.24) is 9.13 Å². The summed E-state index contributed by atoms with van der Waals surface area (Å²) in [6, 6.07) is 42.9. The van der Waals surface area contributed by atoms with Crippen LogP contribution in [0.5, 0.6) is 0 Å². The summed E-state index contributed by atoms with van der Waals surface area (Å²) in [7, 11) is 0. The van der Waals surface area contributed by atoms with Crippen LogP contribution in [0.4, 0.5) is 0 Å². The molecule has 7 rings (SSSR count). The number of hydrogen-bond donors (Lipinski definition) is 0. The molecule has 154 valence electrons. The average Bonchev–Trinajstić information content (AvgIpc) is 3.37. The second-order valence-electron chi connectivity index (χ2n) is 8.25. The van der Waals surface area contributed by atoms with Gasteiger partial charge in [-0.1, -0.05) is 82.7 Å². The number of aromatic nitrogens is 2. The van der Waals surface area contributed by atoms with Gasteiger partial charge in [-0.05, 0) is 48.5 Å².